The molecule has 1 amide bonds. The molecule has 2 unspecified atom stereocenters. The normalized spacial score (nSPS) is 23.2. The lowest BCUT2D eigenvalue weighted by molar-refractivity contribution is -0.147. The fourth-order valence-electron chi connectivity index (χ4n) is 3.26. The maximum atomic E-state index is 12.5. The topological polar surface area (TPSA) is 57.6 Å². The quantitative estimate of drug-likeness (QED) is 0.930. The average molecular weight is 289 g/mol. The van der Waals surface area contributed by atoms with Gasteiger partial charge in [-0.1, -0.05) is 24.3 Å². The Hall–Kier alpha value is -1.84. The number of aryl methyl sites for hydroxylation is 1. The lowest BCUT2D eigenvalue weighted by Crippen LogP contribution is -2.43. The van der Waals surface area contributed by atoms with E-state index >= 15 is 0 Å². The Bertz CT molecular complexity index is 539. The van der Waals surface area contributed by atoms with Crippen molar-refractivity contribution in [3.63, 3.8) is 0 Å². The van der Waals surface area contributed by atoms with Gasteiger partial charge in [-0.15, -0.1) is 0 Å². The number of aliphatic carboxylic acids is 1. The first-order valence-electron chi connectivity index (χ1n) is 7.53. The average Bonchev–Trinajstić information content (AvgIpc) is 2.58. The molecule has 0 bridgehead atoms. The molecule has 0 aliphatic carbocycles. The van der Waals surface area contributed by atoms with E-state index in [1.54, 1.807) is 4.90 Å². The summed E-state index contributed by atoms with van der Waals surface area (Å²) < 4.78 is 0. The molecule has 1 N–H and O–H groups in total. The SMILES string of the molecule is Cc1ccccc1C1C(C(=O)O)CCCC(=O)N1C(C)C. The molecule has 1 aliphatic heterocycles. The smallest absolute Gasteiger partial charge is 0.308 e. The molecule has 2 rings (SSSR count). The molecule has 4 heteroatoms. The largest absolute Gasteiger partial charge is 0.481 e. The Morgan fingerprint density at radius 1 is 1.33 bits per heavy atom. The second-order valence-corrected chi connectivity index (χ2v) is 6.03. The highest BCUT2D eigenvalue weighted by Crippen LogP contribution is 2.38. The molecule has 4 nitrogen and oxygen atoms in total. The molecule has 1 fully saturated rings. The van der Waals surface area contributed by atoms with E-state index in [9.17, 15) is 14.7 Å². The van der Waals surface area contributed by atoms with Crippen molar-refractivity contribution in [2.45, 2.75) is 52.1 Å². The number of carbonyl (C=O) groups excluding carboxylic acids is 1. The molecule has 0 radical (unpaired) electrons. The van der Waals surface area contributed by atoms with Gasteiger partial charge in [0.15, 0.2) is 0 Å². The number of hydrogen-bond acceptors (Lipinski definition) is 2. The molecule has 1 aliphatic rings. The van der Waals surface area contributed by atoms with Crippen molar-refractivity contribution in [2.24, 2.45) is 5.92 Å². The molecule has 1 heterocycles. The fraction of sp³-hybridized carbons (Fsp3) is 0.529. The number of rotatable bonds is 3. The summed E-state index contributed by atoms with van der Waals surface area (Å²) in [6, 6.07) is 7.38. The molecule has 1 aromatic carbocycles. The van der Waals surface area contributed by atoms with Crippen LogP contribution >= 0.6 is 0 Å². The standard InChI is InChI=1S/C17H23NO3/c1-11(2)18-15(19)10-6-9-14(17(20)21)16(18)13-8-5-4-7-12(13)3/h4-5,7-8,11,14,16H,6,9-10H2,1-3H3,(H,20,21). The van der Waals surface area contributed by atoms with E-state index in [2.05, 4.69) is 0 Å². The van der Waals surface area contributed by atoms with Crippen LogP contribution in [0.5, 0.6) is 0 Å². The zero-order chi connectivity index (χ0) is 15.6. The summed E-state index contributed by atoms with van der Waals surface area (Å²) in [5, 5.41) is 9.63. The number of carboxylic acid groups (broad SMARTS) is 1. The molecular formula is C17H23NO3. The van der Waals surface area contributed by atoms with Gasteiger partial charge >= 0.3 is 5.97 Å². The first-order valence-corrected chi connectivity index (χ1v) is 7.53. The van der Waals surface area contributed by atoms with Gasteiger partial charge in [0.1, 0.15) is 0 Å². The predicted octanol–water partition coefficient (Wildman–Crippen LogP) is 3.16. The number of carboxylic acids is 1. The van der Waals surface area contributed by atoms with Crippen molar-refractivity contribution in [1.29, 1.82) is 0 Å². The van der Waals surface area contributed by atoms with Crippen LogP contribution in [0.25, 0.3) is 0 Å². The number of likely N-dealkylation sites (tertiary alicyclic amines) is 1. The van der Waals surface area contributed by atoms with Crippen LogP contribution in [0.3, 0.4) is 0 Å². The van der Waals surface area contributed by atoms with E-state index in [0.29, 0.717) is 19.3 Å². The summed E-state index contributed by atoms with van der Waals surface area (Å²) in [4.78, 5) is 26.0. The number of nitrogens with zero attached hydrogens (tertiary/aromatic N) is 1. The van der Waals surface area contributed by atoms with Gasteiger partial charge in [-0.2, -0.15) is 0 Å². The van der Waals surface area contributed by atoms with Crippen molar-refractivity contribution < 1.29 is 14.7 Å². The summed E-state index contributed by atoms with van der Waals surface area (Å²) in [6.07, 6.45) is 1.62. The molecule has 0 saturated carbocycles. The minimum absolute atomic E-state index is 0.0120. The van der Waals surface area contributed by atoms with Crippen LogP contribution in [0.2, 0.25) is 0 Å². The first kappa shape index (κ1) is 15.5. The van der Waals surface area contributed by atoms with E-state index < -0.39 is 11.9 Å². The van der Waals surface area contributed by atoms with E-state index in [-0.39, 0.29) is 18.0 Å². The van der Waals surface area contributed by atoms with Crippen molar-refractivity contribution >= 4 is 11.9 Å². The maximum Gasteiger partial charge on any atom is 0.308 e. The third-order valence-electron chi connectivity index (χ3n) is 4.26. The third-order valence-corrected chi connectivity index (χ3v) is 4.26. The molecule has 1 aromatic rings. The highest BCUT2D eigenvalue weighted by atomic mass is 16.4. The van der Waals surface area contributed by atoms with Gasteiger partial charge < -0.3 is 10.0 Å². The van der Waals surface area contributed by atoms with Crippen LogP contribution in [-0.4, -0.2) is 27.9 Å². The molecule has 0 spiro atoms. The van der Waals surface area contributed by atoms with Crippen molar-refractivity contribution in [3.8, 4) is 0 Å². The van der Waals surface area contributed by atoms with E-state index in [1.807, 2.05) is 45.0 Å². The highest BCUT2D eigenvalue weighted by molar-refractivity contribution is 5.80. The third kappa shape index (κ3) is 3.09. The van der Waals surface area contributed by atoms with Gasteiger partial charge in [-0.05, 0) is 44.7 Å². The Morgan fingerprint density at radius 2 is 2.00 bits per heavy atom. The zero-order valence-electron chi connectivity index (χ0n) is 12.9. The second kappa shape index (κ2) is 6.29. The first-order chi connectivity index (χ1) is 9.93. The van der Waals surface area contributed by atoms with Gasteiger partial charge in [0.05, 0.1) is 12.0 Å². The van der Waals surface area contributed by atoms with E-state index in [1.165, 1.54) is 0 Å². The monoisotopic (exact) mass is 289 g/mol. The van der Waals surface area contributed by atoms with Crippen LogP contribution in [0, 0.1) is 12.8 Å². The van der Waals surface area contributed by atoms with Crippen molar-refractivity contribution in [3.05, 3.63) is 35.4 Å². The Balaban J connectivity index is 2.56. The predicted molar refractivity (Wildman–Crippen MR) is 80.9 cm³/mol. The van der Waals surface area contributed by atoms with Crippen molar-refractivity contribution in [2.75, 3.05) is 0 Å². The fourth-order valence-corrected chi connectivity index (χ4v) is 3.26. The number of benzene rings is 1. The van der Waals surface area contributed by atoms with Gasteiger partial charge in [-0.25, -0.2) is 0 Å². The molecule has 1 saturated heterocycles. The van der Waals surface area contributed by atoms with Crippen LogP contribution in [0.15, 0.2) is 24.3 Å². The minimum atomic E-state index is -0.816. The summed E-state index contributed by atoms with van der Waals surface area (Å²) >= 11 is 0. The maximum absolute atomic E-state index is 12.5. The molecule has 2 atom stereocenters. The summed E-state index contributed by atoms with van der Waals surface area (Å²) in [5.41, 5.74) is 1.99. The van der Waals surface area contributed by atoms with Crippen LogP contribution < -0.4 is 0 Å². The lowest BCUT2D eigenvalue weighted by Gasteiger charge is -2.37. The number of amides is 1. The second-order valence-electron chi connectivity index (χ2n) is 6.03. The van der Waals surface area contributed by atoms with Gasteiger partial charge in [-0.3, -0.25) is 9.59 Å². The van der Waals surface area contributed by atoms with Crippen molar-refractivity contribution in [1.82, 2.24) is 4.90 Å². The zero-order valence-corrected chi connectivity index (χ0v) is 12.9. The molecule has 0 aromatic heterocycles. The minimum Gasteiger partial charge on any atom is -0.481 e. The molecular weight excluding hydrogens is 266 g/mol. The molecule has 21 heavy (non-hydrogen) atoms. The number of hydrogen-bond donors (Lipinski definition) is 1. The van der Waals surface area contributed by atoms with Gasteiger partial charge in [0.25, 0.3) is 0 Å². The Morgan fingerprint density at radius 3 is 2.57 bits per heavy atom. The summed E-state index contributed by atoms with van der Waals surface area (Å²) in [6.45, 7) is 5.88. The summed E-state index contributed by atoms with van der Waals surface area (Å²) in [7, 11) is 0. The molecule has 114 valence electrons. The van der Waals surface area contributed by atoms with Crippen LogP contribution in [-0.2, 0) is 9.59 Å². The Labute approximate surface area is 125 Å². The highest BCUT2D eigenvalue weighted by Gasteiger charge is 2.40. The van der Waals surface area contributed by atoms with E-state index in [0.717, 1.165) is 11.1 Å². The van der Waals surface area contributed by atoms with E-state index in [4.69, 9.17) is 0 Å². The Kier molecular flexibility index (Phi) is 4.66. The number of carbonyl (C=O) groups is 2. The van der Waals surface area contributed by atoms with Gasteiger partial charge in [0, 0.05) is 12.5 Å². The van der Waals surface area contributed by atoms with Crippen LogP contribution in [0.1, 0.15) is 50.3 Å². The lowest BCUT2D eigenvalue weighted by atomic mass is 9.86. The van der Waals surface area contributed by atoms with Gasteiger partial charge in [0.2, 0.25) is 5.91 Å². The summed E-state index contributed by atoms with van der Waals surface area (Å²) in [5.74, 6) is -1.30. The van der Waals surface area contributed by atoms with Crippen LogP contribution in [0.4, 0.5) is 0 Å².